The molecule has 3 fully saturated rings. The number of likely N-dealkylation sites (tertiary alicyclic amines) is 3. The van der Waals surface area contributed by atoms with Crippen LogP contribution in [0.15, 0.2) is 107 Å². The van der Waals surface area contributed by atoms with Crippen molar-refractivity contribution in [3.8, 4) is 43.7 Å². The smallest absolute Gasteiger partial charge is 0.258 e. The highest BCUT2D eigenvalue weighted by Crippen LogP contribution is 2.42. The summed E-state index contributed by atoms with van der Waals surface area (Å²) in [6, 6.07) is 19.4. The van der Waals surface area contributed by atoms with Crippen LogP contribution >= 0.6 is 22.7 Å². The first-order chi connectivity index (χ1) is 57.4. The summed E-state index contributed by atoms with van der Waals surface area (Å²) in [6.07, 6.45) is -1.60. The molecule has 9 unspecified atom stereocenters. The SMILES string of the molecule is CC(=O)NC(C(=O)N1CC(Oc2ccc3c(c2)C(=O)N(C(C(=O)N2CC(Oc4ccc5c(c4F)C(=O)N(C(C(=O)N4CC(O)CC4C(=O)NCc4ccc(-c6scnc6C)cc4C(C)(C)C)C(C)C)C5)CC2C(=O)NCc2ccc(-c4ocnc4C)cc2C(C)(C)C)C(C)C)C3)CC1C(=O)NCc1ccc(-c2scnc2C)cc1C(C)(C)C)C(C)(C)C. The Balaban J connectivity index is 0.735. The lowest BCUT2D eigenvalue weighted by molar-refractivity contribution is -0.143. The Labute approximate surface area is 721 Å². The van der Waals surface area contributed by atoms with Gasteiger partial charge in [0.05, 0.1) is 62.6 Å². The van der Waals surface area contributed by atoms with Crippen LogP contribution in [0, 0.1) is 43.8 Å². The van der Waals surface area contributed by atoms with Crippen molar-refractivity contribution in [2.24, 2.45) is 17.3 Å². The zero-order valence-corrected chi connectivity index (χ0v) is 75.2. The van der Waals surface area contributed by atoms with Gasteiger partial charge in [-0.2, -0.15) is 0 Å². The Morgan fingerprint density at radius 1 is 0.541 bits per heavy atom. The molecule has 25 nitrogen and oxygen atoms in total. The highest BCUT2D eigenvalue weighted by atomic mass is 32.1. The maximum absolute atomic E-state index is 17.7. The van der Waals surface area contributed by atoms with Crippen molar-refractivity contribution in [1.29, 1.82) is 0 Å². The summed E-state index contributed by atoms with van der Waals surface area (Å²) in [6.45, 7) is 38.3. The third-order valence-electron chi connectivity index (χ3n) is 24.1. The monoisotopic (exact) mass is 1700 g/mol. The number of halogens is 1. The normalized spacial score (nSPS) is 19.5. The minimum atomic E-state index is -1.23. The Morgan fingerprint density at radius 3 is 1.43 bits per heavy atom. The molecule has 0 saturated carbocycles. The fourth-order valence-electron chi connectivity index (χ4n) is 18.0. The molecule has 8 aromatic rings. The number of nitrogens with one attached hydrogen (secondary N) is 4. The van der Waals surface area contributed by atoms with Crippen molar-refractivity contribution in [3.05, 3.63) is 181 Å². The standard InChI is InChI=1S/C94H115FN12O13S2/c1-49(2)77(106-41-61-27-29-64(35-67(61)86(106)113)119-65-36-73(105(44-65)90(117)82(94(18,19)20)102-54(8)108)85(112)98-40-60-26-23-57(33-70(60)93(15,16)17)81-53(7)101-48-122-81)89(116)104-45-66(37-72(104)84(111)97-38-58-24-21-55(31-68(58)91(9,10)11)79-51(5)99-46-118-79)120-74-30-28-62-42-107(87(114)75(62)76(74)95)78(50(3)4)88(115)103-43-63(109)34-71(103)83(110)96-39-59-25-22-56(32-69(59)92(12,13)14)80-52(6)100-47-121-80/h21-33,35,46-50,63,65-66,71-73,77-78,82,109H,34,36-45H2,1-20H3,(H,96,110)(H,97,111)(H,98,112)(H,102,108). The number of aliphatic hydroxyl groups is 1. The molecule has 5 aliphatic heterocycles. The number of aryl methyl sites for hydroxylation is 3. The number of β-amino-alcohol motifs (C(OH)–C–C–N with tert-alkyl or cyclic N) is 1. The highest BCUT2D eigenvalue weighted by Gasteiger charge is 2.51. The summed E-state index contributed by atoms with van der Waals surface area (Å²) in [5.41, 5.74) is 13.5. The molecule has 0 bridgehead atoms. The number of rotatable bonds is 24. The van der Waals surface area contributed by atoms with Gasteiger partial charge >= 0.3 is 0 Å². The molecule has 28 heteroatoms. The van der Waals surface area contributed by atoms with Crippen molar-refractivity contribution in [1.82, 2.24) is 60.7 Å². The summed E-state index contributed by atoms with van der Waals surface area (Å²) < 4.78 is 36.7. The van der Waals surface area contributed by atoms with E-state index in [0.29, 0.717) is 17.0 Å². The van der Waals surface area contributed by atoms with Crippen molar-refractivity contribution < 1.29 is 66.5 Å². The summed E-state index contributed by atoms with van der Waals surface area (Å²) in [5, 5.41) is 23.3. The number of hydrogen-bond donors (Lipinski definition) is 5. The van der Waals surface area contributed by atoms with Gasteiger partial charge < -0.3 is 64.8 Å². The first kappa shape index (κ1) is 89.1. The van der Waals surface area contributed by atoms with Crippen LogP contribution in [0.4, 0.5) is 4.39 Å². The topological polar surface area (TPSA) is 308 Å². The summed E-state index contributed by atoms with van der Waals surface area (Å²) >= 11 is 3.11. The second-order valence-corrected chi connectivity index (χ2v) is 39.9. The minimum absolute atomic E-state index is 0.00335. The van der Waals surface area contributed by atoms with E-state index >= 15 is 23.6 Å². The van der Waals surface area contributed by atoms with Crippen LogP contribution in [-0.4, -0.2) is 172 Å². The van der Waals surface area contributed by atoms with Crippen LogP contribution in [0.25, 0.3) is 32.2 Å². The third kappa shape index (κ3) is 18.5. The number of oxazole rings is 1. The molecule has 0 radical (unpaired) electrons. The zero-order valence-electron chi connectivity index (χ0n) is 73.6. The first-order valence-corrected chi connectivity index (χ1v) is 43.8. The van der Waals surface area contributed by atoms with E-state index in [1.165, 1.54) is 43.9 Å². The van der Waals surface area contributed by atoms with Gasteiger partial charge in [-0.15, -0.1) is 22.7 Å². The number of nitrogens with zero attached hydrogens (tertiary/aromatic N) is 8. The molecule has 0 aliphatic carbocycles. The number of thiazole rings is 2. The van der Waals surface area contributed by atoms with Crippen LogP contribution in [0.5, 0.6) is 11.5 Å². The third-order valence-corrected chi connectivity index (χ3v) is 26.1. The molecule has 5 aliphatic rings. The number of ether oxygens (including phenoxy) is 2. The molecule has 3 saturated heterocycles. The van der Waals surface area contributed by atoms with E-state index in [4.69, 9.17) is 13.9 Å². The van der Waals surface area contributed by atoms with Gasteiger partial charge in [0, 0.05) is 76.6 Å². The van der Waals surface area contributed by atoms with Crippen molar-refractivity contribution in [2.45, 2.75) is 261 Å². The van der Waals surface area contributed by atoms with Crippen LogP contribution in [-0.2, 0) is 82.5 Å². The Kier molecular flexibility index (Phi) is 25.5. The predicted octanol–water partition coefficient (Wildman–Crippen LogP) is 13.4. The fraction of sp³-hybridized carbons (Fsp3) is 0.489. The number of hydrogen-bond acceptors (Lipinski definition) is 18. The molecule has 9 amide bonds. The van der Waals surface area contributed by atoms with E-state index in [9.17, 15) is 29.1 Å². The molecule has 648 valence electrons. The van der Waals surface area contributed by atoms with Gasteiger partial charge in [0.25, 0.3) is 11.8 Å². The lowest BCUT2D eigenvalue weighted by atomic mass is 9.82. The second-order valence-electron chi connectivity index (χ2n) is 38.2. The molecule has 9 atom stereocenters. The number of fused-ring (bicyclic) bond motifs is 2. The molecule has 3 aromatic heterocycles. The average Bonchev–Trinajstić information content (AvgIpc) is 1.60. The van der Waals surface area contributed by atoms with Gasteiger partial charge in [-0.1, -0.05) is 159 Å². The zero-order chi connectivity index (χ0) is 88.4. The minimum Gasteiger partial charge on any atom is -0.488 e. The molecular formula is C94H115FN12O13S2. The number of aromatic nitrogens is 3. The lowest BCUT2D eigenvalue weighted by Crippen LogP contribution is -2.57. The average molecular weight is 1700 g/mol. The van der Waals surface area contributed by atoms with E-state index in [1.54, 1.807) is 60.8 Å². The van der Waals surface area contributed by atoms with Crippen molar-refractivity contribution in [2.75, 3.05) is 19.6 Å². The van der Waals surface area contributed by atoms with Crippen LogP contribution in [0.1, 0.15) is 219 Å². The molecule has 5 aromatic carbocycles. The van der Waals surface area contributed by atoms with Gasteiger partial charge in [0.2, 0.25) is 41.4 Å². The summed E-state index contributed by atoms with van der Waals surface area (Å²) in [5.74, 6) is -6.32. The van der Waals surface area contributed by atoms with E-state index in [1.807, 2.05) is 109 Å². The van der Waals surface area contributed by atoms with Crippen molar-refractivity contribution in [3.63, 3.8) is 0 Å². The van der Waals surface area contributed by atoms with Gasteiger partial charge in [0.15, 0.2) is 23.7 Å². The van der Waals surface area contributed by atoms with Crippen LogP contribution < -0.4 is 30.7 Å². The quantitative estimate of drug-likeness (QED) is 0.0375. The van der Waals surface area contributed by atoms with E-state index < -0.39 is 136 Å². The number of aliphatic hydroxyl groups excluding tert-OH is 1. The number of carbonyl (C=O) groups excluding carboxylic acids is 9. The lowest BCUT2D eigenvalue weighted by Gasteiger charge is -2.35. The summed E-state index contributed by atoms with van der Waals surface area (Å²) in [4.78, 5) is 156. The summed E-state index contributed by atoms with van der Waals surface area (Å²) in [7, 11) is 0. The Morgan fingerprint density at radius 2 is 0.984 bits per heavy atom. The number of amides is 9. The van der Waals surface area contributed by atoms with Crippen LogP contribution in [0.3, 0.4) is 0 Å². The predicted molar refractivity (Wildman–Crippen MR) is 465 cm³/mol. The van der Waals surface area contributed by atoms with Gasteiger partial charge in [-0.3, -0.25) is 43.2 Å². The van der Waals surface area contributed by atoms with E-state index in [2.05, 4.69) is 111 Å². The van der Waals surface area contributed by atoms with Crippen molar-refractivity contribution >= 4 is 75.8 Å². The number of benzene rings is 5. The molecule has 0 spiro atoms. The molecule has 8 heterocycles. The van der Waals surface area contributed by atoms with Gasteiger partial charge in [0.1, 0.15) is 54.2 Å². The maximum Gasteiger partial charge on any atom is 0.258 e. The van der Waals surface area contributed by atoms with E-state index in [-0.39, 0.29) is 111 Å². The highest BCUT2D eigenvalue weighted by molar-refractivity contribution is 7.13. The molecular weight excluding hydrogens is 1590 g/mol. The maximum atomic E-state index is 17.7. The van der Waals surface area contributed by atoms with Crippen LogP contribution in [0.2, 0.25) is 0 Å². The molecule has 5 N–H and O–H groups in total. The van der Waals surface area contributed by atoms with E-state index in [0.717, 1.165) is 71.2 Å². The molecule has 13 rings (SSSR count). The van der Waals surface area contributed by atoms with Gasteiger partial charge in [-0.25, -0.2) is 19.3 Å². The molecule has 122 heavy (non-hydrogen) atoms. The Bertz CT molecular complexity index is 5390. The Hall–Kier alpha value is -10.7. The van der Waals surface area contributed by atoms with Gasteiger partial charge in [-0.05, 0) is 146 Å². The first-order valence-electron chi connectivity index (χ1n) is 42.1. The second kappa shape index (κ2) is 34.9. The fourth-order valence-corrected chi connectivity index (χ4v) is 19.6. The largest absolute Gasteiger partial charge is 0.488 e. The number of carbonyl (C=O) groups is 9.